The average Bonchev–Trinajstić information content (AvgIpc) is 3.18. The molecule has 0 amide bonds. The Morgan fingerprint density at radius 2 is 2.10 bits per heavy atom. The Hall–Kier alpha value is -1.06. The maximum absolute atomic E-state index is 6.09. The molecule has 2 atom stereocenters. The van der Waals surface area contributed by atoms with E-state index in [-0.39, 0.29) is 0 Å². The topological polar surface area (TPSA) is 30.5 Å². The van der Waals surface area contributed by atoms with Crippen LogP contribution in [0.25, 0.3) is 0 Å². The van der Waals surface area contributed by atoms with Gasteiger partial charge in [-0.25, -0.2) is 0 Å². The van der Waals surface area contributed by atoms with Gasteiger partial charge in [-0.2, -0.15) is 0 Å². The molecule has 2 fully saturated rings. The molecule has 1 aromatic carbocycles. The van der Waals surface area contributed by atoms with Crippen molar-refractivity contribution in [2.45, 2.75) is 63.7 Å². The third-order valence-electron chi connectivity index (χ3n) is 4.64. The van der Waals surface area contributed by atoms with Gasteiger partial charge in [-0.1, -0.05) is 12.1 Å². The van der Waals surface area contributed by atoms with Crippen LogP contribution in [0.2, 0.25) is 0 Å². The van der Waals surface area contributed by atoms with E-state index >= 15 is 0 Å². The van der Waals surface area contributed by atoms with Gasteiger partial charge in [-0.05, 0) is 63.1 Å². The molecule has 0 spiro atoms. The standard InChI is InChI=1S/C18H27NO2/c1-14(19-13-18-10-5-11-20-18)15-6-4-9-17(12-15)21-16-7-2-3-8-16/h4,6,9,12,14,16,18-19H,2-3,5,7-8,10-11,13H2,1H3. The molecule has 1 aliphatic heterocycles. The molecule has 1 aromatic rings. The fraction of sp³-hybridized carbons (Fsp3) is 0.667. The predicted octanol–water partition coefficient (Wildman–Crippen LogP) is 3.84. The van der Waals surface area contributed by atoms with Crippen molar-refractivity contribution in [3.8, 4) is 5.75 Å². The van der Waals surface area contributed by atoms with E-state index in [1.807, 2.05) is 0 Å². The van der Waals surface area contributed by atoms with Gasteiger partial charge in [0, 0.05) is 19.2 Å². The van der Waals surface area contributed by atoms with Gasteiger partial charge in [0.25, 0.3) is 0 Å². The molecule has 1 aliphatic carbocycles. The lowest BCUT2D eigenvalue weighted by Crippen LogP contribution is -2.28. The lowest BCUT2D eigenvalue weighted by molar-refractivity contribution is 0.108. The molecular formula is C18H27NO2. The summed E-state index contributed by atoms with van der Waals surface area (Å²) in [5.74, 6) is 1.02. The highest BCUT2D eigenvalue weighted by Gasteiger charge is 2.18. The molecule has 1 heterocycles. The molecule has 1 saturated heterocycles. The van der Waals surface area contributed by atoms with E-state index in [2.05, 4.69) is 36.5 Å². The zero-order valence-electron chi connectivity index (χ0n) is 13.0. The van der Waals surface area contributed by atoms with Crippen LogP contribution in [0.15, 0.2) is 24.3 Å². The van der Waals surface area contributed by atoms with Crippen molar-refractivity contribution >= 4 is 0 Å². The van der Waals surface area contributed by atoms with Gasteiger partial charge in [-0.15, -0.1) is 0 Å². The largest absolute Gasteiger partial charge is 0.490 e. The minimum atomic E-state index is 0.335. The third kappa shape index (κ3) is 4.21. The van der Waals surface area contributed by atoms with Crippen LogP contribution in [0, 0.1) is 0 Å². The monoisotopic (exact) mass is 289 g/mol. The van der Waals surface area contributed by atoms with Crippen LogP contribution >= 0.6 is 0 Å². The summed E-state index contributed by atoms with van der Waals surface area (Å²) < 4.78 is 11.8. The van der Waals surface area contributed by atoms with E-state index in [0.29, 0.717) is 18.2 Å². The molecule has 1 N–H and O–H groups in total. The first-order valence-corrected chi connectivity index (χ1v) is 8.43. The summed E-state index contributed by atoms with van der Waals surface area (Å²) in [5.41, 5.74) is 1.29. The van der Waals surface area contributed by atoms with Crippen molar-refractivity contribution in [3.05, 3.63) is 29.8 Å². The summed E-state index contributed by atoms with van der Waals surface area (Å²) in [4.78, 5) is 0. The van der Waals surface area contributed by atoms with Gasteiger partial charge in [0.2, 0.25) is 0 Å². The van der Waals surface area contributed by atoms with Crippen LogP contribution < -0.4 is 10.1 Å². The second-order valence-electron chi connectivity index (χ2n) is 6.36. The normalized spacial score (nSPS) is 24.3. The second-order valence-corrected chi connectivity index (χ2v) is 6.36. The van der Waals surface area contributed by atoms with Crippen molar-refractivity contribution in [2.24, 2.45) is 0 Å². The summed E-state index contributed by atoms with van der Waals surface area (Å²) in [6.07, 6.45) is 8.23. The molecule has 1 saturated carbocycles. The number of rotatable bonds is 6. The van der Waals surface area contributed by atoms with Gasteiger partial charge >= 0.3 is 0 Å². The molecule has 116 valence electrons. The molecule has 0 aromatic heterocycles. The molecule has 21 heavy (non-hydrogen) atoms. The fourth-order valence-corrected chi connectivity index (χ4v) is 3.29. The van der Waals surface area contributed by atoms with E-state index in [4.69, 9.17) is 9.47 Å². The smallest absolute Gasteiger partial charge is 0.120 e. The first kappa shape index (κ1) is 14.9. The maximum Gasteiger partial charge on any atom is 0.120 e. The molecule has 3 heteroatoms. The van der Waals surface area contributed by atoms with E-state index in [0.717, 1.165) is 18.9 Å². The van der Waals surface area contributed by atoms with Gasteiger partial charge in [0.05, 0.1) is 12.2 Å². The molecule has 0 bridgehead atoms. The quantitative estimate of drug-likeness (QED) is 0.863. The molecule has 3 nitrogen and oxygen atoms in total. The van der Waals surface area contributed by atoms with Crippen LogP contribution in [0.4, 0.5) is 0 Å². The first-order valence-electron chi connectivity index (χ1n) is 8.43. The van der Waals surface area contributed by atoms with Crippen molar-refractivity contribution in [1.82, 2.24) is 5.32 Å². The van der Waals surface area contributed by atoms with Crippen LogP contribution in [-0.2, 0) is 4.74 Å². The number of hydrogen-bond acceptors (Lipinski definition) is 3. The van der Waals surface area contributed by atoms with E-state index in [9.17, 15) is 0 Å². The predicted molar refractivity (Wildman–Crippen MR) is 84.7 cm³/mol. The molecular weight excluding hydrogens is 262 g/mol. The van der Waals surface area contributed by atoms with Crippen molar-refractivity contribution in [2.75, 3.05) is 13.2 Å². The molecule has 2 unspecified atom stereocenters. The minimum absolute atomic E-state index is 0.335. The zero-order chi connectivity index (χ0) is 14.5. The lowest BCUT2D eigenvalue weighted by atomic mass is 10.1. The van der Waals surface area contributed by atoms with E-state index in [1.54, 1.807) is 0 Å². The van der Waals surface area contributed by atoms with Gasteiger partial charge in [-0.3, -0.25) is 0 Å². The van der Waals surface area contributed by atoms with Crippen molar-refractivity contribution < 1.29 is 9.47 Å². The highest BCUT2D eigenvalue weighted by atomic mass is 16.5. The Bertz CT molecular complexity index is 437. The van der Waals surface area contributed by atoms with Gasteiger partial charge < -0.3 is 14.8 Å². The summed E-state index contributed by atoms with van der Waals surface area (Å²) in [5, 5.41) is 3.58. The van der Waals surface area contributed by atoms with Crippen LogP contribution in [0.5, 0.6) is 5.75 Å². The summed E-state index contributed by atoms with van der Waals surface area (Å²) in [7, 11) is 0. The zero-order valence-corrected chi connectivity index (χ0v) is 13.0. The Balaban J connectivity index is 1.53. The summed E-state index contributed by atoms with van der Waals surface area (Å²) in [6.45, 7) is 4.07. The second kappa shape index (κ2) is 7.28. The van der Waals surface area contributed by atoms with Crippen LogP contribution in [-0.4, -0.2) is 25.4 Å². The number of benzene rings is 1. The van der Waals surface area contributed by atoms with Crippen LogP contribution in [0.1, 0.15) is 57.1 Å². The Labute approximate surface area is 128 Å². The third-order valence-corrected chi connectivity index (χ3v) is 4.64. The Kier molecular flexibility index (Phi) is 5.15. The average molecular weight is 289 g/mol. The summed E-state index contributed by atoms with van der Waals surface area (Å²) >= 11 is 0. The number of ether oxygens (including phenoxy) is 2. The maximum atomic E-state index is 6.09. The highest BCUT2D eigenvalue weighted by molar-refractivity contribution is 5.30. The van der Waals surface area contributed by atoms with Crippen molar-refractivity contribution in [3.63, 3.8) is 0 Å². The molecule has 3 rings (SSSR count). The Morgan fingerprint density at radius 3 is 2.86 bits per heavy atom. The molecule has 2 aliphatic rings. The fourth-order valence-electron chi connectivity index (χ4n) is 3.29. The first-order chi connectivity index (χ1) is 10.3. The number of hydrogen-bond donors (Lipinski definition) is 1. The number of nitrogens with one attached hydrogen (secondary N) is 1. The van der Waals surface area contributed by atoms with Crippen molar-refractivity contribution in [1.29, 1.82) is 0 Å². The van der Waals surface area contributed by atoms with Crippen LogP contribution in [0.3, 0.4) is 0 Å². The summed E-state index contributed by atoms with van der Waals surface area (Å²) in [6, 6.07) is 8.87. The SMILES string of the molecule is CC(NCC1CCCO1)c1cccc(OC2CCCC2)c1. The highest BCUT2D eigenvalue weighted by Crippen LogP contribution is 2.26. The van der Waals surface area contributed by atoms with E-state index in [1.165, 1.54) is 44.1 Å². The van der Waals surface area contributed by atoms with Gasteiger partial charge in [0.1, 0.15) is 5.75 Å². The Morgan fingerprint density at radius 1 is 1.24 bits per heavy atom. The molecule has 0 radical (unpaired) electrons. The lowest BCUT2D eigenvalue weighted by Gasteiger charge is -2.19. The van der Waals surface area contributed by atoms with Gasteiger partial charge in [0.15, 0.2) is 0 Å². The van der Waals surface area contributed by atoms with E-state index < -0.39 is 0 Å². The minimum Gasteiger partial charge on any atom is -0.490 e.